The molecular weight excluding hydrogens is 600 g/mol. The summed E-state index contributed by atoms with van der Waals surface area (Å²) in [5, 5.41) is 17.1. The van der Waals surface area contributed by atoms with Gasteiger partial charge in [-0.25, -0.2) is 4.98 Å². The molecule has 0 bridgehead atoms. The minimum Gasteiger partial charge on any atom is -0.391 e. The normalized spacial score (nSPS) is 21.3. The number of fused-ring (bicyclic) bond motifs is 1. The van der Waals surface area contributed by atoms with Gasteiger partial charge in [-0.05, 0) is 54.2 Å². The zero-order valence-corrected chi connectivity index (χ0v) is 28.1. The van der Waals surface area contributed by atoms with Crippen molar-refractivity contribution < 1.29 is 19.5 Å². The zero-order valence-electron chi connectivity index (χ0n) is 27.2. The van der Waals surface area contributed by atoms with E-state index in [9.17, 15) is 19.5 Å². The first kappa shape index (κ1) is 32.2. The number of amides is 3. The average Bonchev–Trinajstić information content (AvgIpc) is 3.73. The molecule has 3 aromatic rings. The van der Waals surface area contributed by atoms with Crippen molar-refractivity contribution in [1.82, 2.24) is 25.4 Å². The summed E-state index contributed by atoms with van der Waals surface area (Å²) in [5.74, 6) is -0.810. The van der Waals surface area contributed by atoms with E-state index in [-0.39, 0.29) is 36.7 Å². The first-order valence-corrected chi connectivity index (χ1v) is 17.0. The molecule has 3 amide bonds. The number of nitrogens with one attached hydrogen (secondary N) is 2. The van der Waals surface area contributed by atoms with Crippen LogP contribution < -0.4 is 15.5 Å². The number of β-amino-alcohol motifs (C(OH)–C–C–N with tert-alkyl or cyclic N) is 1. The Hall–Kier alpha value is -3.80. The van der Waals surface area contributed by atoms with Crippen molar-refractivity contribution in [2.24, 2.45) is 5.41 Å². The van der Waals surface area contributed by atoms with Crippen molar-refractivity contribution in [1.29, 1.82) is 0 Å². The summed E-state index contributed by atoms with van der Waals surface area (Å²) in [6, 6.07) is 12.0. The quantitative estimate of drug-likeness (QED) is 0.359. The molecule has 46 heavy (non-hydrogen) atoms. The summed E-state index contributed by atoms with van der Waals surface area (Å²) in [6.45, 7) is 13.7. The molecule has 11 heteroatoms. The molecule has 1 aromatic heterocycles. The minimum atomic E-state index is -0.840. The molecule has 10 nitrogen and oxygen atoms in total. The van der Waals surface area contributed by atoms with Crippen LogP contribution in [0, 0.1) is 12.3 Å². The number of thiazole rings is 1. The van der Waals surface area contributed by atoms with E-state index in [0.717, 1.165) is 59.1 Å². The molecular formula is C35H44N6O4S. The van der Waals surface area contributed by atoms with E-state index < -0.39 is 23.6 Å². The highest BCUT2D eigenvalue weighted by molar-refractivity contribution is 7.13. The molecule has 2 aromatic carbocycles. The van der Waals surface area contributed by atoms with Gasteiger partial charge in [-0.2, -0.15) is 0 Å². The lowest BCUT2D eigenvalue weighted by Crippen LogP contribution is -2.58. The Morgan fingerprint density at radius 3 is 2.48 bits per heavy atom. The molecule has 3 N–H and O–H groups in total. The third kappa shape index (κ3) is 6.28. The van der Waals surface area contributed by atoms with Gasteiger partial charge >= 0.3 is 0 Å². The number of carbonyl (C=O) groups is 3. The van der Waals surface area contributed by atoms with E-state index in [1.54, 1.807) is 16.2 Å². The Labute approximate surface area is 274 Å². The maximum Gasteiger partial charge on any atom is 0.255 e. The third-order valence-corrected chi connectivity index (χ3v) is 10.4. The number of hydrogen-bond donors (Lipinski definition) is 3. The fourth-order valence-electron chi connectivity index (χ4n) is 6.99. The number of aliphatic hydroxyl groups excluding tert-OH is 1. The van der Waals surface area contributed by atoms with Gasteiger partial charge in [0.25, 0.3) is 5.91 Å². The van der Waals surface area contributed by atoms with Crippen LogP contribution >= 0.6 is 11.3 Å². The topological polar surface area (TPSA) is 118 Å². The van der Waals surface area contributed by atoms with E-state index in [1.165, 1.54) is 4.90 Å². The molecule has 244 valence electrons. The summed E-state index contributed by atoms with van der Waals surface area (Å²) in [5.41, 5.74) is 6.81. The lowest BCUT2D eigenvalue weighted by Gasteiger charge is -2.40. The van der Waals surface area contributed by atoms with Gasteiger partial charge in [0.1, 0.15) is 12.1 Å². The van der Waals surface area contributed by atoms with Gasteiger partial charge < -0.3 is 30.4 Å². The number of aliphatic hydroxyl groups is 1. The Kier molecular flexibility index (Phi) is 8.93. The number of anilines is 1. The second kappa shape index (κ2) is 12.8. The van der Waals surface area contributed by atoms with Crippen molar-refractivity contribution in [3.05, 3.63) is 70.4 Å². The van der Waals surface area contributed by atoms with Gasteiger partial charge in [-0.1, -0.05) is 45.0 Å². The Morgan fingerprint density at radius 2 is 1.83 bits per heavy atom. The molecule has 0 aliphatic carbocycles. The maximum atomic E-state index is 14.4. The molecule has 6 rings (SSSR count). The predicted octanol–water partition coefficient (Wildman–Crippen LogP) is 3.74. The lowest BCUT2D eigenvalue weighted by molar-refractivity contribution is -0.145. The van der Waals surface area contributed by atoms with E-state index in [1.807, 2.05) is 76.5 Å². The van der Waals surface area contributed by atoms with Crippen molar-refractivity contribution in [3.63, 3.8) is 0 Å². The average molecular weight is 645 g/mol. The molecule has 2 saturated heterocycles. The number of nitrogens with zero attached hydrogens (tertiary/aromatic N) is 4. The van der Waals surface area contributed by atoms with Crippen molar-refractivity contribution >= 4 is 34.7 Å². The second-order valence-corrected chi connectivity index (χ2v) is 14.6. The molecule has 4 heterocycles. The van der Waals surface area contributed by atoms with Crippen LogP contribution in [0.2, 0.25) is 0 Å². The molecule has 0 unspecified atom stereocenters. The predicted molar refractivity (Wildman–Crippen MR) is 180 cm³/mol. The highest BCUT2D eigenvalue weighted by Crippen LogP contribution is 2.36. The van der Waals surface area contributed by atoms with Crippen LogP contribution in [0.15, 0.2) is 48.0 Å². The van der Waals surface area contributed by atoms with Crippen molar-refractivity contribution in [3.8, 4) is 10.4 Å². The van der Waals surface area contributed by atoms with Crippen LogP contribution in [-0.2, 0) is 16.1 Å². The van der Waals surface area contributed by atoms with Crippen LogP contribution in [0.1, 0.15) is 67.3 Å². The van der Waals surface area contributed by atoms with Crippen LogP contribution in [0.4, 0.5) is 5.69 Å². The molecule has 4 atom stereocenters. The maximum absolute atomic E-state index is 14.4. The monoisotopic (exact) mass is 644 g/mol. The van der Waals surface area contributed by atoms with Crippen LogP contribution in [0.3, 0.4) is 0 Å². The molecule has 3 aliphatic heterocycles. The highest BCUT2D eigenvalue weighted by atomic mass is 32.1. The number of piperazine rings is 1. The Balaban J connectivity index is 1.18. The first-order chi connectivity index (χ1) is 21.9. The van der Waals surface area contributed by atoms with E-state index in [2.05, 4.69) is 26.6 Å². The summed E-state index contributed by atoms with van der Waals surface area (Å²) in [7, 11) is 0. The van der Waals surface area contributed by atoms with Crippen LogP contribution in [0.25, 0.3) is 10.4 Å². The molecule has 2 fully saturated rings. The Morgan fingerprint density at radius 1 is 1.11 bits per heavy atom. The summed E-state index contributed by atoms with van der Waals surface area (Å²) >= 11 is 1.59. The van der Waals surface area contributed by atoms with Crippen molar-refractivity contribution in [2.75, 3.05) is 37.6 Å². The van der Waals surface area contributed by atoms with Gasteiger partial charge in [0.05, 0.1) is 28.2 Å². The molecule has 0 spiro atoms. The zero-order chi connectivity index (χ0) is 32.7. The smallest absolute Gasteiger partial charge is 0.255 e. The Bertz CT molecular complexity index is 1610. The summed E-state index contributed by atoms with van der Waals surface area (Å²) in [6.07, 6.45) is -0.682. The highest BCUT2D eigenvalue weighted by Gasteiger charge is 2.49. The van der Waals surface area contributed by atoms with E-state index in [0.29, 0.717) is 12.1 Å². The van der Waals surface area contributed by atoms with E-state index >= 15 is 0 Å². The van der Waals surface area contributed by atoms with Gasteiger partial charge in [-0.3, -0.25) is 14.4 Å². The molecule has 3 aliphatic rings. The number of benzene rings is 2. The fraction of sp³-hybridized carbons (Fsp3) is 0.486. The number of aromatic nitrogens is 1. The standard InChI is InChI=1S/C35H44N6O4S/c1-21(23-6-8-24(9-7-23)30-22(2)37-20-46-30)38-32(43)29-17-27(42)19-40(29)34(45)31(35(3,4)5)41-18-25-16-26(10-11-28(25)33(41)44)39-14-12-36-13-15-39/h6-11,16,20-21,27,29,31,36,42H,12-15,17-19H2,1-5H3,(H,38,43)/t21-,27+,29-,31+/m0/s1. The molecule has 0 saturated carbocycles. The number of rotatable bonds is 7. The second-order valence-electron chi connectivity index (χ2n) is 13.8. The molecule has 0 radical (unpaired) electrons. The van der Waals surface area contributed by atoms with Gasteiger partial charge in [0.15, 0.2) is 0 Å². The van der Waals surface area contributed by atoms with Crippen LogP contribution in [0.5, 0.6) is 0 Å². The van der Waals surface area contributed by atoms with Gasteiger partial charge in [0.2, 0.25) is 11.8 Å². The largest absolute Gasteiger partial charge is 0.391 e. The summed E-state index contributed by atoms with van der Waals surface area (Å²) < 4.78 is 0. The van der Waals surface area contributed by atoms with E-state index in [4.69, 9.17) is 0 Å². The van der Waals surface area contributed by atoms with Crippen LogP contribution in [-0.4, -0.2) is 88.5 Å². The number of likely N-dealkylation sites (tertiary alicyclic amines) is 1. The minimum absolute atomic E-state index is 0.0445. The van der Waals surface area contributed by atoms with Gasteiger partial charge in [0, 0.05) is 56.9 Å². The first-order valence-electron chi connectivity index (χ1n) is 16.1. The fourth-order valence-corrected chi connectivity index (χ4v) is 7.80. The van der Waals surface area contributed by atoms with Crippen molar-refractivity contribution in [2.45, 2.75) is 71.8 Å². The number of hydrogen-bond acceptors (Lipinski definition) is 8. The summed E-state index contributed by atoms with van der Waals surface area (Å²) in [4.78, 5) is 52.8. The third-order valence-electron chi connectivity index (χ3n) is 9.41. The van der Waals surface area contributed by atoms with Gasteiger partial charge in [-0.15, -0.1) is 11.3 Å². The lowest BCUT2D eigenvalue weighted by atomic mass is 9.84. The SMILES string of the molecule is Cc1ncsc1-c1ccc([C@H](C)NC(=O)[C@@H]2C[C@@H](O)CN2C(=O)[C@@H](N2Cc3cc(N4CCNCC4)ccc3C2=O)C(C)(C)C)cc1. The number of carbonyl (C=O) groups excluding carboxylic acids is 3. The number of aryl methyl sites for hydroxylation is 1.